The number of aromatic nitrogens is 5. The molecule has 0 aliphatic heterocycles. The van der Waals surface area contributed by atoms with Crippen molar-refractivity contribution in [1.82, 2.24) is 24.1 Å². The summed E-state index contributed by atoms with van der Waals surface area (Å²) in [7, 11) is 0. The summed E-state index contributed by atoms with van der Waals surface area (Å²) >= 11 is 0. The quantitative estimate of drug-likeness (QED) is 0.172. The minimum Gasteiger partial charge on any atom is -0.308 e. The Labute approximate surface area is 323 Å². The summed E-state index contributed by atoms with van der Waals surface area (Å²) in [6.45, 7) is 0. The third kappa shape index (κ3) is 5.21. The van der Waals surface area contributed by atoms with Crippen LogP contribution in [-0.2, 0) is 0 Å². The molecule has 0 aliphatic carbocycles. The summed E-state index contributed by atoms with van der Waals surface area (Å²) in [5.74, 6) is 1.77. The van der Waals surface area contributed by atoms with Gasteiger partial charge in [-0.15, -0.1) is 0 Å². The second kappa shape index (κ2) is 13.0. The highest BCUT2D eigenvalue weighted by Crippen LogP contribution is 2.38. The van der Waals surface area contributed by atoms with Crippen LogP contribution in [0, 0.1) is 0 Å². The maximum Gasteiger partial charge on any atom is 0.238 e. The number of rotatable bonds is 6. The summed E-state index contributed by atoms with van der Waals surface area (Å²) in [5.41, 5.74) is 11.8. The van der Waals surface area contributed by atoms with E-state index in [0.29, 0.717) is 17.6 Å². The van der Waals surface area contributed by atoms with Gasteiger partial charge in [0.1, 0.15) is 0 Å². The van der Waals surface area contributed by atoms with Crippen molar-refractivity contribution in [2.24, 2.45) is 0 Å². The van der Waals surface area contributed by atoms with Gasteiger partial charge in [-0.05, 0) is 58.7 Å². The predicted molar refractivity (Wildman–Crippen MR) is 230 cm³/mol. The van der Waals surface area contributed by atoms with Crippen LogP contribution in [-0.4, -0.2) is 24.1 Å². The average molecular weight is 716 g/mol. The molecule has 0 unspecified atom stereocenters. The molecule has 5 heteroatoms. The molecular formula is C51H33N5. The second-order valence-corrected chi connectivity index (χ2v) is 14.1. The van der Waals surface area contributed by atoms with E-state index in [1.807, 2.05) is 6.07 Å². The van der Waals surface area contributed by atoms with Gasteiger partial charge < -0.3 is 4.57 Å². The maximum absolute atomic E-state index is 5.36. The molecule has 11 aromatic rings. The Hall–Kier alpha value is -7.63. The van der Waals surface area contributed by atoms with Gasteiger partial charge in [-0.1, -0.05) is 164 Å². The molecule has 0 N–H and O–H groups in total. The first-order valence-corrected chi connectivity index (χ1v) is 18.9. The Kier molecular flexibility index (Phi) is 7.42. The van der Waals surface area contributed by atoms with Gasteiger partial charge in [-0.2, -0.15) is 9.97 Å². The number of hydrogen-bond donors (Lipinski definition) is 0. The number of benzene rings is 8. The van der Waals surface area contributed by atoms with E-state index in [-0.39, 0.29) is 0 Å². The van der Waals surface area contributed by atoms with E-state index in [4.69, 9.17) is 15.0 Å². The van der Waals surface area contributed by atoms with Crippen molar-refractivity contribution < 1.29 is 0 Å². The van der Waals surface area contributed by atoms with Crippen molar-refractivity contribution in [3.05, 3.63) is 200 Å². The summed E-state index contributed by atoms with van der Waals surface area (Å²) < 4.78 is 4.54. The zero-order chi connectivity index (χ0) is 37.0. The molecule has 0 bridgehead atoms. The molecule has 11 rings (SSSR count). The summed E-state index contributed by atoms with van der Waals surface area (Å²) in [5, 5.41) is 4.69. The molecule has 262 valence electrons. The van der Waals surface area contributed by atoms with Crippen LogP contribution in [0.25, 0.3) is 100 Å². The third-order valence-electron chi connectivity index (χ3n) is 10.8. The Bertz CT molecular complexity index is 3180. The highest BCUT2D eigenvalue weighted by Gasteiger charge is 2.21. The van der Waals surface area contributed by atoms with E-state index >= 15 is 0 Å². The molecule has 0 fully saturated rings. The van der Waals surface area contributed by atoms with Gasteiger partial charge in [0, 0.05) is 32.7 Å². The molecule has 5 nitrogen and oxygen atoms in total. The largest absolute Gasteiger partial charge is 0.308 e. The number of hydrogen-bond acceptors (Lipinski definition) is 3. The molecule has 8 aromatic carbocycles. The Morgan fingerprint density at radius 2 is 0.732 bits per heavy atom. The minimum absolute atomic E-state index is 0.568. The predicted octanol–water partition coefficient (Wildman–Crippen LogP) is 12.7. The van der Waals surface area contributed by atoms with Crippen molar-refractivity contribution in [2.75, 3.05) is 0 Å². The van der Waals surface area contributed by atoms with Crippen LogP contribution in [0.3, 0.4) is 0 Å². The van der Waals surface area contributed by atoms with Crippen molar-refractivity contribution in [3.8, 4) is 56.7 Å². The van der Waals surface area contributed by atoms with Crippen LogP contribution >= 0.6 is 0 Å². The zero-order valence-corrected chi connectivity index (χ0v) is 30.3. The van der Waals surface area contributed by atoms with Crippen LogP contribution in [0.5, 0.6) is 0 Å². The first kappa shape index (κ1) is 31.9. The molecule has 0 saturated heterocycles. The second-order valence-electron chi connectivity index (χ2n) is 14.1. The Balaban J connectivity index is 1.17. The fourth-order valence-electron chi connectivity index (χ4n) is 8.19. The van der Waals surface area contributed by atoms with E-state index in [1.54, 1.807) is 0 Å². The van der Waals surface area contributed by atoms with E-state index in [9.17, 15) is 0 Å². The Morgan fingerprint density at radius 1 is 0.286 bits per heavy atom. The SMILES string of the molecule is c1ccc(-c2ccc(-c3nc(-c4ccccc4-n4c5ccccc5c5ccc(-c6ccccc6)cc54)nc(-n4c5ccccc5c5ccccc54)n3)cc2)cc1. The monoisotopic (exact) mass is 715 g/mol. The molecule has 3 heterocycles. The molecule has 0 radical (unpaired) electrons. The van der Waals surface area contributed by atoms with Crippen LogP contribution in [0.4, 0.5) is 0 Å². The Morgan fingerprint density at radius 3 is 1.38 bits per heavy atom. The molecule has 0 atom stereocenters. The maximum atomic E-state index is 5.36. The molecule has 0 amide bonds. The minimum atomic E-state index is 0.568. The van der Waals surface area contributed by atoms with Crippen molar-refractivity contribution in [2.45, 2.75) is 0 Å². The fraction of sp³-hybridized carbons (Fsp3) is 0. The van der Waals surface area contributed by atoms with Crippen LogP contribution in [0.1, 0.15) is 0 Å². The van der Waals surface area contributed by atoms with Gasteiger partial charge in [0.05, 0.1) is 27.8 Å². The topological polar surface area (TPSA) is 48.5 Å². The molecule has 0 saturated carbocycles. The molecule has 56 heavy (non-hydrogen) atoms. The first-order valence-electron chi connectivity index (χ1n) is 18.9. The number of nitrogens with zero attached hydrogens (tertiary/aromatic N) is 5. The van der Waals surface area contributed by atoms with Gasteiger partial charge in [0.2, 0.25) is 5.95 Å². The van der Waals surface area contributed by atoms with E-state index in [0.717, 1.165) is 66.3 Å². The lowest BCUT2D eigenvalue weighted by molar-refractivity contribution is 0.951. The highest BCUT2D eigenvalue weighted by atomic mass is 15.2. The van der Waals surface area contributed by atoms with E-state index < -0.39 is 0 Å². The lowest BCUT2D eigenvalue weighted by Gasteiger charge is -2.15. The van der Waals surface area contributed by atoms with Crippen molar-refractivity contribution in [1.29, 1.82) is 0 Å². The normalized spacial score (nSPS) is 11.6. The highest BCUT2D eigenvalue weighted by molar-refractivity contribution is 6.11. The smallest absolute Gasteiger partial charge is 0.238 e. The standard InChI is InChI=1S/C51H33N5/c1-3-15-34(16-4-1)36-27-29-37(30-28-36)49-52-50(54-51(53-49)56-45-24-12-8-19-39(45)40-20-9-13-25-46(40)56)43-22-10-14-26-47(43)55-44-23-11-7-21-41(44)42-32-31-38(33-48(42)55)35-17-5-2-6-18-35/h1-33H. The van der Waals surface area contributed by atoms with Crippen LogP contribution in [0.2, 0.25) is 0 Å². The lowest BCUT2D eigenvalue weighted by Crippen LogP contribution is -2.07. The van der Waals surface area contributed by atoms with Gasteiger partial charge in [-0.3, -0.25) is 4.57 Å². The molecule has 3 aromatic heterocycles. The third-order valence-corrected chi connectivity index (χ3v) is 10.8. The van der Waals surface area contributed by atoms with Crippen molar-refractivity contribution in [3.63, 3.8) is 0 Å². The molecule has 0 spiro atoms. The first-order chi connectivity index (χ1) is 27.8. The summed E-state index contributed by atoms with van der Waals surface area (Å²) in [6, 6.07) is 70.3. The average Bonchev–Trinajstić information content (AvgIpc) is 3.79. The lowest BCUT2D eigenvalue weighted by atomic mass is 10.0. The molecule has 0 aliphatic rings. The van der Waals surface area contributed by atoms with E-state index in [1.165, 1.54) is 16.3 Å². The fourth-order valence-corrected chi connectivity index (χ4v) is 8.19. The number of fused-ring (bicyclic) bond motifs is 6. The summed E-state index contributed by atoms with van der Waals surface area (Å²) in [4.78, 5) is 15.9. The number of para-hydroxylation sites is 4. The molecular weight excluding hydrogens is 683 g/mol. The van der Waals surface area contributed by atoms with E-state index in [2.05, 4.69) is 203 Å². The van der Waals surface area contributed by atoms with Gasteiger partial charge in [-0.25, -0.2) is 4.98 Å². The van der Waals surface area contributed by atoms with Crippen molar-refractivity contribution >= 4 is 43.6 Å². The van der Waals surface area contributed by atoms with Gasteiger partial charge >= 0.3 is 0 Å². The van der Waals surface area contributed by atoms with Crippen LogP contribution in [0.15, 0.2) is 200 Å². The zero-order valence-electron chi connectivity index (χ0n) is 30.3. The van der Waals surface area contributed by atoms with Gasteiger partial charge in [0.15, 0.2) is 11.6 Å². The van der Waals surface area contributed by atoms with Crippen LogP contribution < -0.4 is 0 Å². The summed E-state index contributed by atoms with van der Waals surface area (Å²) in [6.07, 6.45) is 0. The van der Waals surface area contributed by atoms with Gasteiger partial charge in [0.25, 0.3) is 0 Å².